The van der Waals surface area contributed by atoms with Crippen LogP contribution in [0.1, 0.15) is 53.1 Å². The SMILES string of the molecule is Cc1cc(=O)n2[nH]cc(C(=O)N3CCCCC3c3noc(C)n3)c2n1. The summed E-state index contributed by atoms with van der Waals surface area (Å²) in [6.45, 7) is 4.06. The molecule has 1 fully saturated rings. The lowest BCUT2D eigenvalue weighted by Gasteiger charge is -2.33. The van der Waals surface area contributed by atoms with Crippen molar-refractivity contribution in [1.82, 2.24) is 29.6 Å². The quantitative estimate of drug-likeness (QED) is 0.754. The Morgan fingerprint density at radius 1 is 1.32 bits per heavy atom. The first kappa shape index (κ1) is 15.6. The van der Waals surface area contributed by atoms with Gasteiger partial charge >= 0.3 is 0 Å². The fourth-order valence-corrected chi connectivity index (χ4v) is 3.30. The maximum Gasteiger partial charge on any atom is 0.272 e. The van der Waals surface area contributed by atoms with Gasteiger partial charge in [0.1, 0.15) is 5.56 Å². The van der Waals surface area contributed by atoms with E-state index in [0.29, 0.717) is 35.2 Å². The molecular formula is C16H18N6O3. The van der Waals surface area contributed by atoms with Crippen LogP contribution in [0.4, 0.5) is 0 Å². The molecule has 0 saturated carbocycles. The Kier molecular flexibility index (Phi) is 3.63. The minimum absolute atomic E-state index is 0.191. The molecule has 3 aromatic rings. The zero-order valence-electron chi connectivity index (χ0n) is 14.0. The molecule has 4 heterocycles. The topological polar surface area (TPSA) is 109 Å². The molecule has 0 aromatic carbocycles. The van der Waals surface area contributed by atoms with E-state index in [9.17, 15) is 9.59 Å². The van der Waals surface area contributed by atoms with E-state index in [1.54, 1.807) is 18.7 Å². The Morgan fingerprint density at radius 3 is 2.92 bits per heavy atom. The zero-order chi connectivity index (χ0) is 17.6. The predicted octanol–water partition coefficient (Wildman–Crippen LogP) is 1.39. The number of likely N-dealkylation sites (tertiary alicyclic amines) is 1. The van der Waals surface area contributed by atoms with Crippen molar-refractivity contribution in [2.24, 2.45) is 0 Å². The van der Waals surface area contributed by atoms with Crippen molar-refractivity contribution in [3.8, 4) is 0 Å². The maximum absolute atomic E-state index is 13.2. The molecule has 25 heavy (non-hydrogen) atoms. The number of H-pyrrole nitrogens is 1. The highest BCUT2D eigenvalue weighted by atomic mass is 16.5. The van der Waals surface area contributed by atoms with E-state index in [2.05, 4.69) is 20.2 Å². The van der Waals surface area contributed by atoms with Crippen LogP contribution in [-0.4, -0.2) is 42.1 Å². The number of nitrogens with zero attached hydrogens (tertiary/aromatic N) is 5. The first-order valence-electron chi connectivity index (χ1n) is 8.23. The number of fused-ring (bicyclic) bond motifs is 1. The van der Waals surface area contributed by atoms with E-state index >= 15 is 0 Å². The van der Waals surface area contributed by atoms with Gasteiger partial charge in [0.25, 0.3) is 11.5 Å². The lowest BCUT2D eigenvalue weighted by molar-refractivity contribution is 0.0598. The first-order valence-corrected chi connectivity index (χ1v) is 8.23. The molecule has 3 aromatic heterocycles. The van der Waals surface area contributed by atoms with Gasteiger partial charge < -0.3 is 9.42 Å². The number of piperidine rings is 1. The number of hydrogen-bond acceptors (Lipinski definition) is 6. The number of aromatic amines is 1. The summed E-state index contributed by atoms with van der Waals surface area (Å²) in [7, 11) is 0. The Labute approximate surface area is 142 Å². The van der Waals surface area contributed by atoms with Gasteiger partial charge in [-0.2, -0.15) is 4.98 Å². The molecule has 0 spiro atoms. The van der Waals surface area contributed by atoms with Gasteiger partial charge in [-0.05, 0) is 26.2 Å². The average molecular weight is 342 g/mol. The minimum atomic E-state index is -0.245. The van der Waals surface area contributed by atoms with Crippen LogP contribution in [0, 0.1) is 13.8 Å². The summed E-state index contributed by atoms with van der Waals surface area (Å²) in [4.78, 5) is 35.6. The fraction of sp³-hybridized carbons (Fsp3) is 0.438. The third kappa shape index (κ3) is 2.61. The van der Waals surface area contributed by atoms with Gasteiger partial charge in [-0.3, -0.25) is 14.7 Å². The van der Waals surface area contributed by atoms with Gasteiger partial charge in [0.05, 0.1) is 6.04 Å². The molecule has 1 amide bonds. The fourth-order valence-electron chi connectivity index (χ4n) is 3.30. The molecule has 9 heteroatoms. The molecule has 1 N–H and O–H groups in total. The Bertz CT molecular complexity index is 1000. The van der Waals surface area contributed by atoms with Gasteiger partial charge in [0.15, 0.2) is 11.5 Å². The number of amides is 1. The molecule has 1 aliphatic rings. The zero-order valence-corrected chi connectivity index (χ0v) is 14.0. The largest absolute Gasteiger partial charge is 0.340 e. The number of rotatable bonds is 2. The summed E-state index contributed by atoms with van der Waals surface area (Å²) in [5.41, 5.74) is 1.03. The normalized spacial score (nSPS) is 18.0. The van der Waals surface area contributed by atoms with Crippen LogP contribution in [0.5, 0.6) is 0 Å². The molecule has 0 aliphatic carbocycles. The van der Waals surface area contributed by atoms with Gasteiger partial charge in [-0.15, -0.1) is 0 Å². The van der Waals surface area contributed by atoms with Gasteiger partial charge in [0, 0.05) is 31.4 Å². The van der Waals surface area contributed by atoms with Crippen molar-refractivity contribution >= 4 is 11.6 Å². The highest BCUT2D eigenvalue weighted by Gasteiger charge is 2.33. The monoisotopic (exact) mass is 342 g/mol. The third-order valence-corrected chi connectivity index (χ3v) is 4.46. The molecule has 130 valence electrons. The van der Waals surface area contributed by atoms with Crippen molar-refractivity contribution in [2.45, 2.75) is 39.2 Å². The third-order valence-electron chi connectivity index (χ3n) is 4.46. The minimum Gasteiger partial charge on any atom is -0.340 e. The van der Waals surface area contributed by atoms with Crippen LogP contribution in [-0.2, 0) is 0 Å². The molecule has 1 atom stereocenters. The van der Waals surface area contributed by atoms with Gasteiger partial charge in [-0.1, -0.05) is 5.16 Å². The second kappa shape index (κ2) is 5.83. The molecule has 9 nitrogen and oxygen atoms in total. The maximum atomic E-state index is 13.2. The number of carbonyl (C=O) groups is 1. The van der Waals surface area contributed by atoms with E-state index in [1.165, 1.54) is 16.8 Å². The van der Waals surface area contributed by atoms with E-state index in [-0.39, 0.29) is 17.5 Å². The lowest BCUT2D eigenvalue weighted by Crippen LogP contribution is -2.39. The van der Waals surface area contributed by atoms with Crippen LogP contribution >= 0.6 is 0 Å². The Balaban J connectivity index is 1.75. The van der Waals surface area contributed by atoms with E-state index in [4.69, 9.17) is 4.52 Å². The molecule has 1 unspecified atom stereocenters. The van der Waals surface area contributed by atoms with Crippen LogP contribution in [0.2, 0.25) is 0 Å². The Morgan fingerprint density at radius 2 is 2.16 bits per heavy atom. The number of aryl methyl sites for hydroxylation is 2. The van der Waals surface area contributed by atoms with Gasteiger partial charge in [-0.25, -0.2) is 9.50 Å². The predicted molar refractivity (Wildman–Crippen MR) is 87.2 cm³/mol. The summed E-state index contributed by atoms with van der Waals surface area (Å²) >= 11 is 0. The molecule has 0 radical (unpaired) electrons. The van der Waals surface area contributed by atoms with Crippen molar-refractivity contribution < 1.29 is 9.32 Å². The van der Waals surface area contributed by atoms with Crippen molar-refractivity contribution in [3.05, 3.63) is 45.6 Å². The molecule has 1 aliphatic heterocycles. The molecule has 4 rings (SSSR count). The molecule has 0 bridgehead atoms. The number of aromatic nitrogens is 5. The summed E-state index contributed by atoms with van der Waals surface area (Å²) < 4.78 is 6.35. The van der Waals surface area contributed by atoms with Crippen molar-refractivity contribution in [2.75, 3.05) is 6.54 Å². The number of nitrogens with one attached hydrogen (secondary N) is 1. The van der Waals surface area contributed by atoms with Crippen LogP contribution in [0.3, 0.4) is 0 Å². The lowest BCUT2D eigenvalue weighted by atomic mass is 10.0. The first-order chi connectivity index (χ1) is 12.0. The van der Waals surface area contributed by atoms with Crippen molar-refractivity contribution in [3.63, 3.8) is 0 Å². The van der Waals surface area contributed by atoms with Crippen LogP contribution in [0.15, 0.2) is 21.6 Å². The second-order valence-electron chi connectivity index (χ2n) is 6.26. The number of carbonyl (C=O) groups excluding carboxylic acids is 1. The summed E-state index contributed by atoms with van der Waals surface area (Å²) in [6, 6.07) is 1.19. The second-order valence-corrected chi connectivity index (χ2v) is 6.26. The van der Waals surface area contributed by atoms with E-state index in [1.807, 2.05) is 0 Å². The summed E-state index contributed by atoms with van der Waals surface area (Å²) in [5.74, 6) is 0.805. The Hall–Kier alpha value is -2.97. The van der Waals surface area contributed by atoms with Crippen LogP contribution in [0.25, 0.3) is 5.65 Å². The molecule has 1 saturated heterocycles. The average Bonchev–Trinajstić information content (AvgIpc) is 3.20. The van der Waals surface area contributed by atoms with Gasteiger partial charge in [0.2, 0.25) is 5.89 Å². The van der Waals surface area contributed by atoms with E-state index in [0.717, 1.165) is 19.3 Å². The molecular weight excluding hydrogens is 324 g/mol. The summed E-state index contributed by atoms with van der Waals surface area (Å²) in [6.07, 6.45) is 4.21. The van der Waals surface area contributed by atoms with Crippen molar-refractivity contribution in [1.29, 1.82) is 0 Å². The van der Waals surface area contributed by atoms with E-state index < -0.39 is 0 Å². The summed E-state index contributed by atoms with van der Waals surface area (Å²) in [5, 5.41) is 6.79. The number of hydrogen-bond donors (Lipinski definition) is 1. The smallest absolute Gasteiger partial charge is 0.272 e. The van der Waals surface area contributed by atoms with Crippen LogP contribution < -0.4 is 5.56 Å². The highest BCUT2D eigenvalue weighted by molar-refractivity contribution is 5.99. The highest BCUT2D eigenvalue weighted by Crippen LogP contribution is 2.30. The standard InChI is InChI=1S/C16H18N6O3/c1-9-7-13(23)22-15(18-9)11(8-17-22)16(24)21-6-4-3-5-12(21)14-19-10(2)25-20-14/h7-8,12,17H,3-6H2,1-2H3.